The monoisotopic (exact) mass is 222 g/mol. The van der Waals surface area contributed by atoms with Gasteiger partial charge in [0.15, 0.2) is 0 Å². The molecule has 5 nitrogen and oxygen atoms in total. The van der Waals surface area contributed by atoms with Crippen molar-refractivity contribution in [1.29, 1.82) is 0 Å². The minimum atomic E-state index is -0.0115. The zero-order valence-corrected chi connectivity index (χ0v) is 9.76. The van der Waals surface area contributed by atoms with Gasteiger partial charge in [-0.3, -0.25) is 9.48 Å². The lowest BCUT2D eigenvalue weighted by atomic mass is 9.96. The maximum absolute atomic E-state index is 12.1. The molecule has 0 aromatic carbocycles. The lowest BCUT2D eigenvalue weighted by Gasteiger charge is -2.34. The highest BCUT2D eigenvalue weighted by Crippen LogP contribution is 2.16. The van der Waals surface area contributed by atoms with E-state index < -0.39 is 0 Å². The molecule has 2 atom stereocenters. The number of nitrogens with zero attached hydrogens (tertiary/aromatic N) is 3. The van der Waals surface area contributed by atoms with Crippen LogP contribution in [0.3, 0.4) is 0 Å². The van der Waals surface area contributed by atoms with Gasteiger partial charge < -0.3 is 10.6 Å². The van der Waals surface area contributed by atoms with Crippen molar-refractivity contribution in [2.24, 2.45) is 18.7 Å². The third-order valence-corrected chi connectivity index (χ3v) is 2.91. The second-order valence-electron chi connectivity index (χ2n) is 4.69. The van der Waals surface area contributed by atoms with Crippen LogP contribution in [0, 0.1) is 5.92 Å². The van der Waals surface area contributed by atoms with E-state index >= 15 is 0 Å². The van der Waals surface area contributed by atoms with Crippen LogP contribution in [0.25, 0.3) is 0 Å². The van der Waals surface area contributed by atoms with Crippen molar-refractivity contribution in [1.82, 2.24) is 14.7 Å². The molecule has 2 heterocycles. The fourth-order valence-corrected chi connectivity index (χ4v) is 2.26. The normalized spacial score (nSPS) is 25.8. The van der Waals surface area contributed by atoms with E-state index in [2.05, 4.69) is 12.0 Å². The highest BCUT2D eigenvalue weighted by Gasteiger charge is 2.27. The van der Waals surface area contributed by atoms with Gasteiger partial charge >= 0.3 is 0 Å². The van der Waals surface area contributed by atoms with Crippen LogP contribution in [0.15, 0.2) is 12.3 Å². The number of hydrogen-bond donors (Lipinski definition) is 1. The molecule has 1 aromatic rings. The number of carbonyl (C=O) groups is 1. The molecule has 2 rings (SSSR count). The molecule has 5 heteroatoms. The summed E-state index contributed by atoms with van der Waals surface area (Å²) < 4.78 is 1.64. The lowest BCUT2D eigenvalue weighted by molar-refractivity contribution is 0.0654. The zero-order chi connectivity index (χ0) is 11.7. The Labute approximate surface area is 95.2 Å². The highest BCUT2D eigenvalue weighted by molar-refractivity contribution is 5.92. The molecule has 1 fully saturated rings. The Balaban J connectivity index is 2.09. The molecule has 0 spiro atoms. The predicted octanol–water partition coefficient (Wildman–Crippen LogP) is 0.229. The first-order chi connectivity index (χ1) is 7.56. The Hall–Kier alpha value is -1.36. The van der Waals surface area contributed by atoms with E-state index in [4.69, 9.17) is 5.73 Å². The standard InChI is InChI=1S/C11H18N4O/c1-8-5-9(12)7-15(6-8)11(16)10-3-4-14(2)13-10/h3-4,8-9H,5-7,12H2,1-2H3. The van der Waals surface area contributed by atoms with Gasteiger partial charge in [-0.15, -0.1) is 0 Å². The minimum absolute atomic E-state index is 0.0115. The fraction of sp³-hybridized carbons (Fsp3) is 0.636. The Bertz CT molecular complexity index is 377. The summed E-state index contributed by atoms with van der Waals surface area (Å²) in [6.07, 6.45) is 2.77. The Kier molecular flexibility index (Phi) is 2.96. The van der Waals surface area contributed by atoms with Gasteiger partial charge in [-0.2, -0.15) is 5.10 Å². The summed E-state index contributed by atoms with van der Waals surface area (Å²) >= 11 is 0. The number of piperidine rings is 1. The molecular weight excluding hydrogens is 204 g/mol. The van der Waals surface area contributed by atoms with Gasteiger partial charge in [0.1, 0.15) is 5.69 Å². The molecule has 1 saturated heterocycles. The molecule has 1 amide bonds. The van der Waals surface area contributed by atoms with E-state index in [-0.39, 0.29) is 11.9 Å². The van der Waals surface area contributed by atoms with Gasteiger partial charge in [-0.1, -0.05) is 6.92 Å². The van der Waals surface area contributed by atoms with Crippen molar-refractivity contribution >= 4 is 5.91 Å². The number of likely N-dealkylation sites (tertiary alicyclic amines) is 1. The van der Waals surface area contributed by atoms with E-state index in [1.165, 1.54) is 0 Å². The Morgan fingerprint density at radius 2 is 2.31 bits per heavy atom. The largest absolute Gasteiger partial charge is 0.335 e. The summed E-state index contributed by atoms with van der Waals surface area (Å²) in [6.45, 7) is 3.54. The van der Waals surface area contributed by atoms with Crippen LogP contribution in [0.5, 0.6) is 0 Å². The summed E-state index contributed by atoms with van der Waals surface area (Å²) in [5, 5.41) is 4.12. The van der Waals surface area contributed by atoms with Crippen LogP contribution in [0.1, 0.15) is 23.8 Å². The van der Waals surface area contributed by atoms with Gasteiger partial charge in [0.25, 0.3) is 5.91 Å². The second kappa shape index (κ2) is 4.25. The number of aryl methyl sites for hydroxylation is 1. The number of nitrogens with two attached hydrogens (primary N) is 1. The molecule has 1 aromatic heterocycles. The van der Waals surface area contributed by atoms with Crippen LogP contribution in [-0.4, -0.2) is 39.7 Å². The quantitative estimate of drug-likeness (QED) is 0.739. The molecule has 16 heavy (non-hydrogen) atoms. The molecule has 1 aliphatic heterocycles. The van der Waals surface area contributed by atoms with Crippen molar-refractivity contribution in [3.63, 3.8) is 0 Å². The SMILES string of the molecule is CC1CC(N)CN(C(=O)c2ccn(C)n2)C1. The summed E-state index contributed by atoms with van der Waals surface area (Å²) in [5.74, 6) is 0.457. The van der Waals surface area contributed by atoms with E-state index in [0.717, 1.165) is 13.0 Å². The van der Waals surface area contributed by atoms with Gasteiger partial charge in [0.2, 0.25) is 0 Å². The van der Waals surface area contributed by atoms with Crippen molar-refractivity contribution in [3.05, 3.63) is 18.0 Å². The van der Waals surface area contributed by atoms with Gasteiger partial charge in [-0.05, 0) is 18.4 Å². The van der Waals surface area contributed by atoms with Gasteiger partial charge in [0, 0.05) is 32.4 Å². The van der Waals surface area contributed by atoms with E-state index in [0.29, 0.717) is 18.2 Å². The van der Waals surface area contributed by atoms with Crippen LogP contribution in [0.2, 0.25) is 0 Å². The topological polar surface area (TPSA) is 64.2 Å². The average molecular weight is 222 g/mol. The number of aromatic nitrogens is 2. The summed E-state index contributed by atoms with van der Waals surface area (Å²) in [5.41, 5.74) is 6.42. The lowest BCUT2D eigenvalue weighted by Crippen LogP contribution is -2.48. The molecule has 1 aliphatic rings. The molecule has 0 aliphatic carbocycles. The molecular formula is C11H18N4O. The molecule has 0 radical (unpaired) electrons. The van der Waals surface area contributed by atoms with Crippen molar-refractivity contribution in [3.8, 4) is 0 Å². The first kappa shape index (κ1) is 11.1. The molecule has 2 N–H and O–H groups in total. The Morgan fingerprint density at radius 1 is 1.56 bits per heavy atom. The van der Waals surface area contributed by atoms with E-state index in [1.807, 2.05) is 0 Å². The Morgan fingerprint density at radius 3 is 2.88 bits per heavy atom. The number of amides is 1. The zero-order valence-electron chi connectivity index (χ0n) is 9.76. The summed E-state index contributed by atoms with van der Waals surface area (Å²) in [6, 6.07) is 1.84. The summed E-state index contributed by atoms with van der Waals surface area (Å²) in [7, 11) is 1.81. The third-order valence-electron chi connectivity index (χ3n) is 2.91. The third kappa shape index (κ3) is 2.24. The molecule has 0 saturated carbocycles. The molecule has 88 valence electrons. The van der Waals surface area contributed by atoms with Crippen molar-refractivity contribution in [2.75, 3.05) is 13.1 Å². The van der Waals surface area contributed by atoms with Crippen LogP contribution >= 0.6 is 0 Å². The van der Waals surface area contributed by atoms with Crippen LogP contribution < -0.4 is 5.73 Å². The first-order valence-electron chi connectivity index (χ1n) is 5.60. The number of carbonyl (C=O) groups excluding carboxylic acids is 1. The summed E-state index contributed by atoms with van der Waals surface area (Å²) in [4.78, 5) is 13.9. The van der Waals surface area contributed by atoms with Crippen LogP contribution in [0.4, 0.5) is 0 Å². The number of rotatable bonds is 1. The van der Waals surface area contributed by atoms with Gasteiger partial charge in [-0.25, -0.2) is 0 Å². The van der Waals surface area contributed by atoms with Gasteiger partial charge in [0.05, 0.1) is 0 Å². The van der Waals surface area contributed by atoms with E-state index in [1.54, 1.807) is 28.9 Å². The predicted molar refractivity (Wildman–Crippen MR) is 60.9 cm³/mol. The van der Waals surface area contributed by atoms with E-state index in [9.17, 15) is 4.79 Å². The molecule has 0 bridgehead atoms. The van der Waals surface area contributed by atoms with Crippen LogP contribution in [-0.2, 0) is 7.05 Å². The maximum Gasteiger partial charge on any atom is 0.274 e. The smallest absolute Gasteiger partial charge is 0.274 e. The second-order valence-corrected chi connectivity index (χ2v) is 4.69. The number of hydrogen-bond acceptors (Lipinski definition) is 3. The first-order valence-corrected chi connectivity index (χ1v) is 5.60. The highest BCUT2D eigenvalue weighted by atomic mass is 16.2. The minimum Gasteiger partial charge on any atom is -0.335 e. The fourth-order valence-electron chi connectivity index (χ4n) is 2.26. The van der Waals surface area contributed by atoms with Crippen molar-refractivity contribution in [2.45, 2.75) is 19.4 Å². The average Bonchev–Trinajstić information content (AvgIpc) is 2.62. The molecule has 2 unspecified atom stereocenters. The maximum atomic E-state index is 12.1. The van der Waals surface area contributed by atoms with Crippen molar-refractivity contribution < 1.29 is 4.79 Å².